The second kappa shape index (κ2) is 9.15. The number of nitrogens with zero attached hydrogens (tertiary/aromatic N) is 2. The molecule has 19 heavy (non-hydrogen) atoms. The van der Waals surface area contributed by atoms with E-state index in [9.17, 15) is 4.79 Å². The highest BCUT2D eigenvalue weighted by Crippen LogP contribution is 2.08. The number of nitrogens with one attached hydrogen (secondary N) is 1. The van der Waals surface area contributed by atoms with Crippen LogP contribution in [0.2, 0.25) is 0 Å². The molecule has 1 atom stereocenters. The molecule has 1 heterocycles. The van der Waals surface area contributed by atoms with Gasteiger partial charge in [0.2, 0.25) is 0 Å². The van der Waals surface area contributed by atoms with Gasteiger partial charge in [-0.1, -0.05) is 13.3 Å². The van der Waals surface area contributed by atoms with E-state index in [0.717, 1.165) is 26.1 Å². The van der Waals surface area contributed by atoms with Crippen molar-refractivity contribution in [1.82, 2.24) is 15.1 Å². The molecule has 0 saturated carbocycles. The Morgan fingerprint density at radius 1 is 1.42 bits per heavy atom. The molecule has 5 heteroatoms. The lowest BCUT2D eigenvalue weighted by Crippen LogP contribution is -2.47. The Balaban J connectivity index is 2.22. The second-order valence-corrected chi connectivity index (χ2v) is 5.33. The molecule has 0 bridgehead atoms. The molecule has 2 amide bonds. The van der Waals surface area contributed by atoms with Crippen molar-refractivity contribution in [2.24, 2.45) is 0 Å². The van der Waals surface area contributed by atoms with Gasteiger partial charge in [0.05, 0.1) is 6.61 Å². The Labute approximate surface area is 117 Å². The fourth-order valence-corrected chi connectivity index (χ4v) is 2.19. The third-order valence-electron chi connectivity index (χ3n) is 3.61. The number of rotatable bonds is 6. The number of hydrogen-bond acceptors (Lipinski definition) is 3. The first-order valence-corrected chi connectivity index (χ1v) is 7.46. The fourth-order valence-electron chi connectivity index (χ4n) is 2.19. The second-order valence-electron chi connectivity index (χ2n) is 5.33. The zero-order valence-corrected chi connectivity index (χ0v) is 12.7. The van der Waals surface area contributed by atoms with Gasteiger partial charge in [-0.3, -0.25) is 0 Å². The summed E-state index contributed by atoms with van der Waals surface area (Å²) < 4.78 is 5.40. The highest BCUT2D eigenvalue weighted by Gasteiger charge is 2.21. The lowest BCUT2D eigenvalue weighted by Gasteiger charge is -2.27. The van der Waals surface area contributed by atoms with Gasteiger partial charge in [-0.25, -0.2) is 4.79 Å². The molecule has 1 N–H and O–H groups in total. The van der Waals surface area contributed by atoms with Gasteiger partial charge in [-0.15, -0.1) is 0 Å². The molecular weight excluding hydrogens is 242 g/mol. The molecule has 0 unspecified atom stereocenters. The number of urea groups is 1. The summed E-state index contributed by atoms with van der Waals surface area (Å²) in [6, 6.07) is 0.308. The number of carbonyl (C=O) groups is 1. The topological polar surface area (TPSA) is 44.8 Å². The van der Waals surface area contributed by atoms with E-state index >= 15 is 0 Å². The van der Waals surface area contributed by atoms with Gasteiger partial charge in [0, 0.05) is 32.3 Å². The predicted molar refractivity (Wildman–Crippen MR) is 77.4 cm³/mol. The smallest absolute Gasteiger partial charge is 0.317 e. The van der Waals surface area contributed by atoms with Crippen molar-refractivity contribution in [2.75, 3.05) is 46.4 Å². The van der Waals surface area contributed by atoms with Gasteiger partial charge in [0.15, 0.2) is 0 Å². The normalized spacial score (nSPS) is 20.4. The summed E-state index contributed by atoms with van der Waals surface area (Å²) in [5, 5.41) is 3.01. The van der Waals surface area contributed by atoms with Gasteiger partial charge in [0.1, 0.15) is 0 Å². The largest absolute Gasteiger partial charge is 0.380 e. The molecule has 1 fully saturated rings. The fraction of sp³-hybridized carbons (Fsp3) is 0.929. The minimum absolute atomic E-state index is 0.0434. The van der Waals surface area contributed by atoms with Crippen molar-refractivity contribution in [3.63, 3.8) is 0 Å². The summed E-state index contributed by atoms with van der Waals surface area (Å²) >= 11 is 0. The first kappa shape index (κ1) is 16.2. The van der Waals surface area contributed by atoms with E-state index in [1.807, 2.05) is 4.90 Å². The summed E-state index contributed by atoms with van der Waals surface area (Å²) in [6.45, 7) is 9.09. The Hall–Kier alpha value is -0.810. The van der Waals surface area contributed by atoms with Crippen LogP contribution < -0.4 is 5.32 Å². The standard InChI is InChI=1S/C14H29N3O2/c1-4-5-8-16(3)9-7-15-14(18)17-10-12-19-11-6-13(17)2/h13H,4-12H2,1-3H3,(H,15,18)/t13-/m0/s1. The monoisotopic (exact) mass is 271 g/mol. The van der Waals surface area contributed by atoms with Crippen molar-refractivity contribution in [2.45, 2.75) is 39.2 Å². The zero-order chi connectivity index (χ0) is 14.1. The van der Waals surface area contributed by atoms with Crippen LogP contribution in [0.15, 0.2) is 0 Å². The molecule has 112 valence electrons. The molecule has 1 aliphatic heterocycles. The van der Waals surface area contributed by atoms with Crippen LogP contribution in [0.3, 0.4) is 0 Å². The Kier molecular flexibility index (Phi) is 7.82. The molecule has 0 aliphatic carbocycles. The minimum Gasteiger partial charge on any atom is -0.380 e. The van der Waals surface area contributed by atoms with E-state index in [-0.39, 0.29) is 12.1 Å². The van der Waals surface area contributed by atoms with E-state index in [1.165, 1.54) is 12.8 Å². The number of hydrogen-bond donors (Lipinski definition) is 1. The average Bonchev–Trinajstić information content (AvgIpc) is 2.61. The number of ether oxygens (including phenoxy) is 1. The summed E-state index contributed by atoms with van der Waals surface area (Å²) in [6.07, 6.45) is 3.34. The number of unbranched alkanes of at least 4 members (excludes halogenated alkanes) is 1. The quantitative estimate of drug-likeness (QED) is 0.797. The molecule has 1 rings (SSSR count). The first-order valence-electron chi connectivity index (χ1n) is 7.46. The summed E-state index contributed by atoms with van der Waals surface area (Å²) in [7, 11) is 2.10. The Morgan fingerprint density at radius 3 is 2.95 bits per heavy atom. The third kappa shape index (κ3) is 6.25. The van der Waals surface area contributed by atoms with Crippen LogP contribution in [0.1, 0.15) is 33.1 Å². The van der Waals surface area contributed by atoms with E-state index in [2.05, 4.69) is 31.1 Å². The van der Waals surface area contributed by atoms with Crippen molar-refractivity contribution < 1.29 is 9.53 Å². The maximum absolute atomic E-state index is 12.1. The van der Waals surface area contributed by atoms with Gasteiger partial charge < -0.3 is 19.9 Å². The summed E-state index contributed by atoms with van der Waals surface area (Å²) in [5.74, 6) is 0. The van der Waals surface area contributed by atoms with E-state index < -0.39 is 0 Å². The molecular formula is C14H29N3O2. The van der Waals surface area contributed by atoms with Crippen LogP contribution >= 0.6 is 0 Å². The van der Waals surface area contributed by atoms with Crippen LogP contribution in [-0.2, 0) is 4.74 Å². The lowest BCUT2D eigenvalue weighted by molar-refractivity contribution is 0.141. The average molecular weight is 271 g/mol. The van der Waals surface area contributed by atoms with Gasteiger partial charge >= 0.3 is 6.03 Å². The van der Waals surface area contributed by atoms with Crippen molar-refractivity contribution in [1.29, 1.82) is 0 Å². The molecule has 0 aromatic carbocycles. The van der Waals surface area contributed by atoms with Crippen LogP contribution in [-0.4, -0.2) is 68.3 Å². The van der Waals surface area contributed by atoms with Crippen LogP contribution in [0.5, 0.6) is 0 Å². The zero-order valence-electron chi connectivity index (χ0n) is 12.7. The SMILES string of the molecule is CCCCN(C)CCNC(=O)N1CCOCC[C@@H]1C. The first-order chi connectivity index (χ1) is 9.15. The highest BCUT2D eigenvalue weighted by atomic mass is 16.5. The summed E-state index contributed by atoms with van der Waals surface area (Å²) in [5.41, 5.74) is 0. The molecule has 0 aromatic rings. The number of likely N-dealkylation sites (N-methyl/N-ethyl adjacent to an activating group) is 1. The van der Waals surface area contributed by atoms with Gasteiger partial charge in [-0.2, -0.15) is 0 Å². The van der Waals surface area contributed by atoms with Crippen LogP contribution in [0.25, 0.3) is 0 Å². The molecule has 5 nitrogen and oxygen atoms in total. The molecule has 0 spiro atoms. The van der Waals surface area contributed by atoms with Gasteiger partial charge in [-0.05, 0) is 33.4 Å². The molecule has 1 saturated heterocycles. The van der Waals surface area contributed by atoms with Crippen molar-refractivity contribution >= 4 is 6.03 Å². The lowest BCUT2D eigenvalue weighted by atomic mass is 10.2. The van der Waals surface area contributed by atoms with E-state index in [4.69, 9.17) is 4.74 Å². The molecule has 1 aliphatic rings. The van der Waals surface area contributed by atoms with Crippen LogP contribution in [0, 0.1) is 0 Å². The highest BCUT2D eigenvalue weighted by molar-refractivity contribution is 5.74. The van der Waals surface area contributed by atoms with E-state index in [1.54, 1.807) is 0 Å². The maximum atomic E-state index is 12.1. The molecule has 0 aromatic heterocycles. The van der Waals surface area contributed by atoms with Crippen molar-refractivity contribution in [3.05, 3.63) is 0 Å². The Bertz CT molecular complexity index is 261. The van der Waals surface area contributed by atoms with Crippen LogP contribution in [0.4, 0.5) is 4.79 Å². The summed E-state index contributed by atoms with van der Waals surface area (Å²) in [4.78, 5) is 16.2. The van der Waals surface area contributed by atoms with Crippen molar-refractivity contribution in [3.8, 4) is 0 Å². The third-order valence-corrected chi connectivity index (χ3v) is 3.61. The number of amides is 2. The number of carbonyl (C=O) groups excluding carboxylic acids is 1. The van der Waals surface area contributed by atoms with Gasteiger partial charge in [0.25, 0.3) is 0 Å². The van der Waals surface area contributed by atoms with E-state index in [0.29, 0.717) is 19.7 Å². The Morgan fingerprint density at radius 2 is 2.21 bits per heavy atom. The minimum atomic E-state index is 0.0434. The molecule has 0 radical (unpaired) electrons. The maximum Gasteiger partial charge on any atom is 0.317 e. The predicted octanol–water partition coefficient (Wildman–Crippen LogP) is 1.54.